The Bertz CT molecular complexity index is 711. The molecule has 1 aromatic heterocycles. The van der Waals surface area contributed by atoms with E-state index in [-0.39, 0.29) is 17.7 Å². The first-order valence-corrected chi connectivity index (χ1v) is 8.71. The van der Waals surface area contributed by atoms with Gasteiger partial charge in [0, 0.05) is 18.8 Å². The van der Waals surface area contributed by atoms with Crippen molar-refractivity contribution in [2.75, 3.05) is 12.3 Å². The number of aryl methyl sites for hydroxylation is 2. The molecule has 2 aromatic rings. The van der Waals surface area contributed by atoms with Gasteiger partial charge in [-0.3, -0.25) is 9.48 Å². The third-order valence-electron chi connectivity index (χ3n) is 4.17. The summed E-state index contributed by atoms with van der Waals surface area (Å²) in [4.78, 5) is 12.6. The molecule has 0 fully saturated rings. The van der Waals surface area contributed by atoms with Gasteiger partial charge in [-0.15, -0.1) is 11.8 Å². The summed E-state index contributed by atoms with van der Waals surface area (Å²) >= 11 is 1.65. The van der Waals surface area contributed by atoms with Crippen molar-refractivity contribution in [3.05, 3.63) is 53.3 Å². The molecule has 2 heterocycles. The topological polar surface area (TPSA) is 67.2 Å². The Kier molecular flexibility index (Phi) is 4.46. The van der Waals surface area contributed by atoms with Gasteiger partial charge in [0.2, 0.25) is 5.91 Å². The molecular formula is C17H21N3O2S. The Morgan fingerprint density at radius 1 is 1.52 bits per heavy atom. The number of rotatable bonds is 4. The molecule has 0 radical (unpaired) electrons. The Hall–Kier alpha value is -1.79. The number of aliphatic hydroxyl groups is 1. The van der Waals surface area contributed by atoms with E-state index in [1.165, 1.54) is 5.56 Å². The molecule has 1 aliphatic rings. The van der Waals surface area contributed by atoms with E-state index < -0.39 is 5.60 Å². The molecule has 2 unspecified atom stereocenters. The van der Waals surface area contributed by atoms with Crippen molar-refractivity contribution in [3.63, 3.8) is 0 Å². The monoisotopic (exact) mass is 331 g/mol. The molecule has 0 saturated heterocycles. The number of carbonyl (C=O) groups is 1. The third kappa shape index (κ3) is 3.43. The van der Waals surface area contributed by atoms with Crippen LogP contribution in [-0.4, -0.2) is 33.1 Å². The van der Waals surface area contributed by atoms with E-state index in [4.69, 9.17) is 0 Å². The zero-order chi connectivity index (χ0) is 16.4. The van der Waals surface area contributed by atoms with Gasteiger partial charge < -0.3 is 10.4 Å². The van der Waals surface area contributed by atoms with Crippen molar-refractivity contribution in [2.45, 2.75) is 24.2 Å². The van der Waals surface area contributed by atoms with E-state index in [1.807, 2.05) is 18.2 Å². The average Bonchev–Trinajstić information content (AvgIpc) is 2.99. The molecule has 122 valence electrons. The molecule has 2 atom stereocenters. The number of hydrogen-bond donors (Lipinski definition) is 2. The maximum Gasteiger partial charge on any atom is 0.237 e. The number of nitrogens with one attached hydrogen (secondary N) is 1. The van der Waals surface area contributed by atoms with Gasteiger partial charge in [0.15, 0.2) is 0 Å². The van der Waals surface area contributed by atoms with Gasteiger partial charge in [0.05, 0.1) is 12.7 Å². The Morgan fingerprint density at radius 2 is 2.30 bits per heavy atom. The van der Waals surface area contributed by atoms with Gasteiger partial charge in [-0.25, -0.2) is 0 Å². The van der Waals surface area contributed by atoms with Crippen LogP contribution < -0.4 is 5.32 Å². The van der Waals surface area contributed by atoms with E-state index in [1.54, 1.807) is 42.8 Å². The lowest BCUT2D eigenvalue weighted by molar-refractivity contribution is -0.121. The second-order valence-corrected chi connectivity index (χ2v) is 7.31. The first-order valence-electron chi connectivity index (χ1n) is 7.66. The lowest BCUT2D eigenvalue weighted by atomic mass is 9.98. The normalized spacial score (nSPS) is 19.7. The highest BCUT2D eigenvalue weighted by molar-refractivity contribution is 8.00. The molecule has 23 heavy (non-hydrogen) atoms. The summed E-state index contributed by atoms with van der Waals surface area (Å²) in [6, 6.07) is 8.08. The summed E-state index contributed by atoms with van der Waals surface area (Å²) in [7, 11) is 1.80. The van der Waals surface area contributed by atoms with E-state index in [0.717, 1.165) is 17.7 Å². The first-order chi connectivity index (χ1) is 11.0. The molecule has 2 N–H and O–H groups in total. The number of nitrogens with zero attached hydrogens (tertiary/aromatic N) is 2. The van der Waals surface area contributed by atoms with Gasteiger partial charge >= 0.3 is 0 Å². The zero-order valence-electron chi connectivity index (χ0n) is 13.3. The molecular weight excluding hydrogens is 310 g/mol. The highest BCUT2D eigenvalue weighted by atomic mass is 32.2. The number of hydrogen-bond acceptors (Lipinski definition) is 4. The molecule has 1 aliphatic heterocycles. The lowest BCUT2D eigenvalue weighted by Crippen LogP contribution is -2.40. The molecule has 0 saturated carbocycles. The van der Waals surface area contributed by atoms with Crippen LogP contribution in [0.25, 0.3) is 0 Å². The molecule has 6 heteroatoms. The maximum absolute atomic E-state index is 12.6. The van der Waals surface area contributed by atoms with Crippen LogP contribution in [0.15, 0.2) is 36.7 Å². The fourth-order valence-electron chi connectivity index (χ4n) is 2.76. The average molecular weight is 331 g/mol. The Morgan fingerprint density at radius 3 is 3.04 bits per heavy atom. The van der Waals surface area contributed by atoms with Crippen molar-refractivity contribution in [1.82, 2.24) is 15.1 Å². The first kappa shape index (κ1) is 16.1. The quantitative estimate of drug-likeness (QED) is 0.896. The predicted molar refractivity (Wildman–Crippen MR) is 91.1 cm³/mol. The van der Waals surface area contributed by atoms with Crippen LogP contribution in [0.3, 0.4) is 0 Å². The maximum atomic E-state index is 12.6. The second-order valence-electron chi connectivity index (χ2n) is 6.09. The molecule has 0 aliphatic carbocycles. The van der Waals surface area contributed by atoms with Crippen molar-refractivity contribution < 1.29 is 9.90 Å². The number of aromatic nitrogens is 2. The van der Waals surface area contributed by atoms with Crippen LogP contribution >= 0.6 is 11.8 Å². The zero-order valence-corrected chi connectivity index (χ0v) is 14.1. The SMILES string of the molecule is Cn1cc(C(C)(O)CNC(=O)C2SCCc3ccccc32)cn1. The van der Waals surface area contributed by atoms with Crippen LogP contribution in [-0.2, 0) is 23.9 Å². The van der Waals surface area contributed by atoms with Crippen molar-refractivity contribution in [2.24, 2.45) is 7.05 Å². The molecule has 3 rings (SSSR count). The fourth-order valence-corrected chi connectivity index (χ4v) is 3.98. The number of fused-ring (bicyclic) bond motifs is 1. The number of thioether (sulfide) groups is 1. The number of carbonyl (C=O) groups excluding carboxylic acids is 1. The van der Waals surface area contributed by atoms with Gasteiger partial charge in [-0.1, -0.05) is 24.3 Å². The molecule has 0 spiro atoms. The molecule has 1 amide bonds. The summed E-state index contributed by atoms with van der Waals surface area (Å²) in [5.74, 6) is 0.889. The minimum Gasteiger partial charge on any atom is -0.383 e. The van der Waals surface area contributed by atoms with Crippen molar-refractivity contribution in [3.8, 4) is 0 Å². The summed E-state index contributed by atoms with van der Waals surface area (Å²) < 4.78 is 1.64. The highest BCUT2D eigenvalue weighted by Gasteiger charge is 2.30. The van der Waals surface area contributed by atoms with E-state index >= 15 is 0 Å². The van der Waals surface area contributed by atoms with Crippen LogP contribution in [0.1, 0.15) is 28.9 Å². The Balaban J connectivity index is 1.68. The fraction of sp³-hybridized carbons (Fsp3) is 0.412. The van der Waals surface area contributed by atoms with Crippen LogP contribution in [0.5, 0.6) is 0 Å². The van der Waals surface area contributed by atoms with Gasteiger partial charge in [-0.05, 0) is 30.2 Å². The third-order valence-corrected chi connectivity index (χ3v) is 5.41. The van der Waals surface area contributed by atoms with Crippen molar-refractivity contribution >= 4 is 17.7 Å². The molecule has 1 aromatic carbocycles. The van der Waals surface area contributed by atoms with E-state index in [9.17, 15) is 9.90 Å². The Labute approximate surface area is 140 Å². The minimum absolute atomic E-state index is 0.0497. The smallest absolute Gasteiger partial charge is 0.237 e. The standard InChI is InChI=1S/C17H21N3O2S/c1-17(22,13-9-19-20(2)10-13)11-18-16(21)15-14-6-4-3-5-12(14)7-8-23-15/h3-6,9-10,15,22H,7-8,11H2,1-2H3,(H,18,21). The summed E-state index contributed by atoms with van der Waals surface area (Å²) in [5.41, 5.74) is 1.88. The molecule has 5 nitrogen and oxygen atoms in total. The molecule has 0 bridgehead atoms. The van der Waals surface area contributed by atoms with Gasteiger partial charge in [0.25, 0.3) is 0 Å². The van der Waals surface area contributed by atoms with Crippen LogP contribution in [0.2, 0.25) is 0 Å². The lowest BCUT2D eigenvalue weighted by Gasteiger charge is -2.27. The number of benzene rings is 1. The van der Waals surface area contributed by atoms with E-state index in [2.05, 4.69) is 16.5 Å². The van der Waals surface area contributed by atoms with Crippen LogP contribution in [0, 0.1) is 0 Å². The van der Waals surface area contributed by atoms with Gasteiger partial charge in [-0.2, -0.15) is 5.10 Å². The summed E-state index contributed by atoms with van der Waals surface area (Å²) in [6.45, 7) is 1.85. The van der Waals surface area contributed by atoms with Crippen molar-refractivity contribution in [1.29, 1.82) is 0 Å². The largest absolute Gasteiger partial charge is 0.383 e. The minimum atomic E-state index is -1.14. The predicted octanol–water partition coefficient (Wildman–Crippen LogP) is 1.77. The number of amides is 1. The van der Waals surface area contributed by atoms with E-state index in [0.29, 0.717) is 5.56 Å². The van der Waals surface area contributed by atoms with Crippen LogP contribution in [0.4, 0.5) is 0 Å². The second kappa shape index (κ2) is 6.37. The van der Waals surface area contributed by atoms with Gasteiger partial charge in [0.1, 0.15) is 10.9 Å². The highest BCUT2D eigenvalue weighted by Crippen LogP contribution is 2.36. The summed E-state index contributed by atoms with van der Waals surface area (Å²) in [6.07, 6.45) is 4.38. The summed E-state index contributed by atoms with van der Waals surface area (Å²) in [5, 5.41) is 17.3.